The first-order valence-electron chi connectivity index (χ1n) is 12.4. The van der Waals surface area contributed by atoms with Crippen molar-refractivity contribution in [3.63, 3.8) is 0 Å². The van der Waals surface area contributed by atoms with Crippen molar-refractivity contribution in [2.45, 2.75) is 103 Å². The maximum Gasteiger partial charge on any atom is 0.296 e. The maximum absolute atomic E-state index is 11.9. The van der Waals surface area contributed by atoms with Crippen molar-refractivity contribution in [1.82, 2.24) is 0 Å². The SMILES string of the molecule is CCCCCCCCCCCCOS(=O)(=O)c1ccccc1.CCC[n+]1cccc(C)c1. The van der Waals surface area contributed by atoms with Gasteiger partial charge in [-0.05, 0) is 31.5 Å². The van der Waals surface area contributed by atoms with Crippen LogP contribution in [0.5, 0.6) is 0 Å². The third-order valence-corrected chi connectivity index (χ3v) is 6.58. The highest BCUT2D eigenvalue weighted by Crippen LogP contribution is 2.13. The van der Waals surface area contributed by atoms with E-state index in [9.17, 15) is 8.42 Å². The second-order valence-electron chi connectivity index (χ2n) is 8.39. The quantitative estimate of drug-likeness (QED) is 0.162. The zero-order valence-electron chi connectivity index (χ0n) is 20.5. The number of hydrogen-bond acceptors (Lipinski definition) is 3. The summed E-state index contributed by atoms with van der Waals surface area (Å²) in [6, 6.07) is 12.5. The van der Waals surface area contributed by atoms with E-state index < -0.39 is 10.1 Å². The minimum Gasteiger partial charge on any atom is -0.266 e. The number of nitrogens with zero attached hydrogens (tertiary/aromatic N) is 1. The Morgan fingerprint density at radius 1 is 0.750 bits per heavy atom. The molecule has 1 heterocycles. The van der Waals surface area contributed by atoms with Crippen LogP contribution >= 0.6 is 0 Å². The summed E-state index contributed by atoms with van der Waals surface area (Å²) >= 11 is 0. The van der Waals surface area contributed by atoms with Crippen LogP contribution in [0, 0.1) is 6.92 Å². The van der Waals surface area contributed by atoms with Gasteiger partial charge in [-0.1, -0.05) is 89.8 Å². The van der Waals surface area contributed by atoms with Crippen molar-refractivity contribution in [3.05, 3.63) is 60.4 Å². The van der Waals surface area contributed by atoms with Gasteiger partial charge in [-0.3, -0.25) is 4.18 Å². The second kappa shape index (κ2) is 17.8. The van der Waals surface area contributed by atoms with Crippen LogP contribution in [0.2, 0.25) is 0 Å². The molecule has 0 fully saturated rings. The summed E-state index contributed by atoms with van der Waals surface area (Å²) < 4.78 is 31.0. The molecule has 0 N–H and O–H groups in total. The van der Waals surface area contributed by atoms with Gasteiger partial charge >= 0.3 is 0 Å². The van der Waals surface area contributed by atoms with E-state index in [1.165, 1.54) is 63.4 Å². The minimum absolute atomic E-state index is 0.238. The standard InChI is InChI=1S/C18H30O3S.C9H14N/c1-2-3-4-5-6-7-8-9-10-14-17-21-22(19,20)18-15-12-11-13-16-18;1-3-6-10-7-4-5-9(2)8-10/h11-13,15-16H,2-10,14,17H2,1H3;4-5,7-8H,3,6H2,1-2H3/q;+1. The molecule has 5 heteroatoms. The molecule has 0 spiro atoms. The molecule has 0 saturated heterocycles. The van der Waals surface area contributed by atoms with Crippen molar-refractivity contribution in [2.24, 2.45) is 0 Å². The third kappa shape index (κ3) is 13.6. The summed E-state index contributed by atoms with van der Waals surface area (Å²) in [6.45, 7) is 7.96. The van der Waals surface area contributed by atoms with E-state index in [0.29, 0.717) is 0 Å². The molecular formula is C27H44NO3S+. The molecule has 0 aliphatic carbocycles. The Morgan fingerprint density at radius 3 is 1.91 bits per heavy atom. The van der Waals surface area contributed by atoms with E-state index in [-0.39, 0.29) is 11.5 Å². The van der Waals surface area contributed by atoms with Gasteiger partial charge in [0, 0.05) is 18.1 Å². The summed E-state index contributed by atoms with van der Waals surface area (Å²) in [5.74, 6) is 0. The van der Waals surface area contributed by atoms with Crippen molar-refractivity contribution in [1.29, 1.82) is 0 Å². The number of hydrogen-bond donors (Lipinski definition) is 0. The number of aryl methyl sites for hydroxylation is 2. The predicted octanol–water partition coefficient (Wildman–Crippen LogP) is 7.01. The second-order valence-corrected chi connectivity index (χ2v) is 10.0. The number of aromatic nitrogens is 1. The van der Waals surface area contributed by atoms with Crippen molar-refractivity contribution in [2.75, 3.05) is 6.61 Å². The summed E-state index contributed by atoms with van der Waals surface area (Å²) in [5, 5.41) is 0. The monoisotopic (exact) mass is 462 g/mol. The number of unbranched alkanes of at least 4 members (excludes halogenated alkanes) is 9. The van der Waals surface area contributed by atoms with Gasteiger partial charge in [0.15, 0.2) is 12.4 Å². The Morgan fingerprint density at radius 2 is 1.34 bits per heavy atom. The van der Waals surface area contributed by atoms with Crippen LogP contribution in [0.4, 0.5) is 0 Å². The Balaban J connectivity index is 0.000000425. The molecule has 1 aromatic heterocycles. The Labute approximate surface area is 197 Å². The molecule has 0 radical (unpaired) electrons. The molecule has 0 unspecified atom stereocenters. The summed E-state index contributed by atoms with van der Waals surface area (Å²) in [7, 11) is -3.57. The highest BCUT2D eigenvalue weighted by atomic mass is 32.2. The summed E-state index contributed by atoms with van der Waals surface area (Å²) in [6.07, 6.45) is 17.7. The molecule has 2 aromatic rings. The van der Waals surface area contributed by atoms with Crippen LogP contribution in [-0.2, 0) is 20.8 Å². The van der Waals surface area contributed by atoms with E-state index in [4.69, 9.17) is 4.18 Å². The lowest BCUT2D eigenvalue weighted by molar-refractivity contribution is -0.697. The molecule has 0 bridgehead atoms. The fourth-order valence-corrected chi connectivity index (χ4v) is 4.43. The lowest BCUT2D eigenvalue weighted by Gasteiger charge is -2.05. The maximum atomic E-state index is 11.9. The molecule has 0 atom stereocenters. The van der Waals surface area contributed by atoms with Gasteiger partial charge < -0.3 is 0 Å². The summed E-state index contributed by atoms with van der Waals surface area (Å²) in [4.78, 5) is 0.238. The van der Waals surface area contributed by atoms with E-state index >= 15 is 0 Å². The van der Waals surface area contributed by atoms with Gasteiger partial charge in [0.2, 0.25) is 0 Å². The molecule has 0 aliphatic rings. The van der Waals surface area contributed by atoms with Gasteiger partial charge in [-0.25, -0.2) is 4.57 Å². The minimum atomic E-state index is -3.57. The van der Waals surface area contributed by atoms with Crippen LogP contribution in [0.15, 0.2) is 59.8 Å². The largest absolute Gasteiger partial charge is 0.296 e. The molecule has 180 valence electrons. The first-order valence-corrected chi connectivity index (χ1v) is 13.8. The van der Waals surface area contributed by atoms with Gasteiger partial charge in [0.05, 0.1) is 11.5 Å². The molecule has 4 nitrogen and oxygen atoms in total. The van der Waals surface area contributed by atoms with Gasteiger partial charge in [-0.15, -0.1) is 0 Å². The molecule has 0 amide bonds. The molecule has 1 aromatic carbocycles. The highest BCUT2D eigenvalue weighted by Gasteiger charge is 2.13. The van der Waals surface area contributed by atoms with Crippen molar-refractivity contribution >= 4 is 10.1 Å². The van der Waals surface area contributed by atoms with Crippen LogP contribution < -0.4 is 4.57 Å². The topological polar surface area (TPSA) is 47.3 Å². The Hall–Kier alpha value is -1.72. The molecular weight excluding hydrogens is 418 g/mol. The van der Waals surface area contributed by atoms with E-state index in [0.717, 1.165) is 19.4 Å². The molecule has 0 aliphatic heterocycles. The normalized spacial score (nSPS) is 11.1. The molecule has 0 saturated carbocycles. The zero-order chi connectivity index (χ0) is 23.5. The van der Waals surface area contributed by atoms with Gasteiger partial charge in [0.1, 0.15) is 6.54 Å². The molecule has 32 heavy (non-hydrogen) atoms. The highest BCUT2D eigenvalue weighted by molar-refractivity contribution is 7.86. The fourth-order valence-electron chi connectivity index (χ4n) is 3.46. The molecule has 2 rings (SSSR count). The first-order chi connectivity index (χ1) is 15.5. The van der Waals surface area contributed by atoms with Crippen molar-refractivity contribution < 1.29 is 17.2 Å². The average Bonchev–Trinajstić information content (AvgIpc) is 2.79. The van der Waals surface area contributed by atoms with E-state index in [1.54, 1.807) is 30.3 Å². The lowest BCUT2D eigenvalue weighted by atomic mass is 10.1. The fraction of sp³-hybridized carbons (Fsp3) is 0.593. The summed E-state index contributed by atoms with van der Waals surface area (Å²) in [5.41, 5.74) is 1.33. The Bertz CT molecular complexity index is 807. The van der Waals surface area contributed by atoms with Crippen LogP contribution in [0.3, 0.4) is 0 Å². The van der Waals surface area contributed by atoms with Crippen LogP contribution in [-0.4, -0.2) is 15.0 Å². The predicted molar refractivity (Wildman–Crippen MR) is 133 cm³/mol. The van der Waals surface area contributed by atoms with Crippen LogP contribution in [0.1, 0.15) is 90.0 Å². The third-order valence-electron chi connectivity index (χ3n) is 5.26. The number of benzene rings is 1. The average molecular weight is 463 g/mol. The Kier molecular flexibility index (Phi) is 15.7. The first kappa shape index (κ1) is 28.3. The number of pyridine rings is 1. The van der Waals surface area contributed by atoms with Crippen LogP contribution in [0.25, 0.3) is 0 Å². The zero-order valence-corrected chi connectivity index (χ0v) is 21.3. The van der Waals surface area contributed by atoms with Gasteiger partial charge in [-0.2, -0.15) is 8.42 Å². The van der Waals surface area contributed by atoms with Crippen molar-refractivity contribution in [3.8, 4) is 0 Å². The number of rotatable bonds is 15. The van der Waals surface area contributed by atoms with E-state index in [1.807, 2.05) is 0 Å². The lowest BCUT2D eigenvalue weighted by Crippen LogP contribution is -2.32. The van der Waals surface area contributed by atoms with E-state index in [2.05, 4.69) is 49.9 Å². The van der Waals surface area contributed by atoms with Gasteiger partial charge in [0.25, 0.3) is 10.1 Å². The smallest absolute Gasteiger partial charge is 0.266 e.